The smallest absolute Gasteiger partial charge is 0.326 e. The number of hydrogen-bond donors (Lipinski definition) is 8. The van der Waals surface area contributed by atoms with Crippen molar-refractivity contribution in [1.29, 1.82) is 0 Å². The van der Waals surface area contributed by atoms with E-state index in [2.05, 4.69) is 10.6 Å². The molecule has 4 amide bonds. The van der Waals surface area contributed by atoms with Gasteiger partial charge in [0.15, 0.2) is 0 Å². The summed E-state index contributed by atoms with van der Waals surface area (Å²) < 4.78 is 0. The summed E-state index contributed by atoms with van der Waals surface area (Å²) >= 11 is 1.37. The van der Waals surface area contributed by atoms with Crippen LogP contribution in [0.2, 0.25) is 0 Å². The average Bonchev–Trinajstić information content (AvgIpc) is 2.71. The van der Waals surface area contributed by atoms with Crippen LogP contribution in [-0.4, -0.2) is 93.2 Å². The van der Waals surface area contributed by atoms with E-state index < -0.39 is 72.3 Å². The predicted molar refractivity (Wildman–Crippen MR) is 117 cm³/mol. The second kappa shape index (κ2) is 15.0. The van der Waals surface area contributed by atoms with Crippen molar-refractivity contribution in [2.45, 2.75) is 62.9 Å². The van der Waals surface area contributed by atoms with Crippen molar-refractivity contribution < 1.29 is 44.1 Å². The largest absolute Gasteiger partial charge is 0.481 e. The van der Waals surface area contributed by atoms with Gasteiger partial charge in [-0.15, -0.1) is 0 Å². The van der Waals surface area contributed by atoms with Crippen molar-refractivity contribution in [3.8, 4) is 0 Å². The van der Waals surface area contributed by atoms with E-state index in [-0.39, 0.29) is 19.3 Å². The first kappa shape index (κ1) is 30.1. The first-order valence-corrected chi connectivity index (χ1v) is 11.3. The zero-order valence-corrected chi connectivity index (χ0v) is 19.1. The molecular formula is C18H31N5O9S. The predicted octanol–water partition coefficient (Wildman–Crippen LogP) is -3.27. The molecule has 0 radical (unpaired) electrons. The van der Waals surface area contributed by atoms with Gasteiger partial charge in [0.2, 0.25) is 23.6 Å². The molecule has 0 aliphatic rings. The summed E-state index contributed by atoms with van der Waals surface area (Å²) in [5, 5.41) is 34.4. The van der Waals surface area contributed by atoms with E-state index in [1.54, 1.807) is 6.26 Å². The number of aliphatic hydroxyl groups excluding tert-OH is 1. The minimum Gasteiger partial charge on any atom is -0.481 e. The number of hydrogen-bond acceptors (Lipinski definition) is 9. The number of carbonyl (C=O) groups excluding carboxylic acids is 4. The molecular weight excluding hydrogens is 462 g/mol. The normalized spacial score (nSPS) is 15.3. The van der Waals surface area contributed by atoms with Crippen molar-refractivity contribution in [3.05, 3.63) is 0 Å². The number of nitrogens with one attached hydrogen (secondary N) is 3. The van der Waals surface area contributed by atoms with Gasteiger partial charge in [0.05, 0.1) is 18.6 Å². The van der Waals surface area contributed by atoms with Gasteiger partial charge in [-0.25, -0.2) is 4.79 Å². The molecule has 33 heavy (non-hydrogen) atoms. The van der Waals surface area contributed by atoms with Crippen LogP contribution in [0.5, 0.6) is 0 Å². The van der Waals surface area contributed by atoms with Gasteiger partial charge in [0.25, 0.3) is 0 Å². The van der Waals surface area contributed by atoms with Gasteiger partial charge < -0.3 is 42.7 Å². The van der Waals surface area contributed by atoms with Crippen LogP contribution in [0.1, 0.15) is 32.6 Å². The van der Waals surface area contributed by atoms with Crippen LogP contribution in [0.25, 0.3) is 0 Å². The maximum atomic E-state index is 12.7. The first-order valence-electron chi connectivity index (χ1n) is 9.86. The molecule has 0 saturated heterocycles. The highest BCUT2D eigenvalue weighted by atomic mass is 32.2. The number of carbonyl (C=O) groups is 6. The van der Waals surface area contributed by atoms with Crippen LogP contribution in [-0.2, 0) is 28.8 Å². The van der Waals surface area contributed by atoms with Crippen molar-refractivity contribution in [3.63, 3.8) is 0 Å². The number of aliphatic carboxylic acids is 2. The summed E-state index contributed by atoms with van der Waals surface area (Å²) in [4.78, 5) is 70.3. The number of thioether (sulfide) groups is 1. The Morgan fingerprint density at radius 2 is 1.48 bits per heavy atom. The van der Waals surface area contributed by atoms with E-state index in [4.69, 9.17) is 21.7 Å². The Hall–Kier alpha value is -2.91. The molecule has 0 aromatic rings. The second-order valence-corrected chi connectivity index (χ2v) is 8.16. The molecule has 15 heteroatoms. The molecule has 0 rings (SSSR count). The van der Waals surface area contributed by atoms with Crippen LogP contribution in [0.3, 0.4) is 0 Å². The fraction of sp³-hybridized carbons (Fsp3) is 0.667. The lowest BCUT2D eigenvalue weighted by molar-refractivity contribution is -0.144. The number of carboxylic acids is 2. The maximum absolute atomic E-state index is 12.7. The molecule has 5 atom stereocenters. The number of carboxylic acid groups (broad SMARTS) is 2. The van der Waals surface area contributed by atoms with E-state index in [0.29, 0.717) is 5.75 Å². The topological polar surface area (TPSA) is 251 Å². The summed E-state index contributed by atoms with van der Waals surface area (Å²) in [7, 11) is 0. The van der Waals surface area contributed by atoms with Gasteiger partial charge in [-0.2, -0.15) is 11.8 Å². The molecule has 10 N–H and O–H groups in total. The molecule has 0 aromatic heterocycles. The van der Waals surface area contributed by atoms with Crippen LogP contribution in [0.4, 0.5) is 0 Å². The summed E-state index contributed by atoms with van der Waals surface area (Å²) in [5.41, 5.74) is 10.6. The minimum absolute atomic E-state index is 0.123. The maximum Gasteiger partial charge on any atom is 0.326 e. The Morgan fingerprint density at radius 1 is 0.909 bits per heavy atom. The lowest BCUT2D eigenvalue weighted by atomic mass is 10.1. The number of nitrogens with two attached hydrogens (primary N) is 2. The number of amides is 4. The Morgan fingerprint density at radius 3 is 1.94 bits per heavy atom. The standard InChI is InChI=1S/C18H31N5O9S/c1-8(24)14(17(30)22-11(18(31)32)7-12(20)25)23-16(29)10(5-6-33-2)21-15(28)9(19)3-4-13(26)27/h8-11,14,24H,3-7,19H2,1-2H3,(H2,20,25)(H,21,28)(H,22,30)(H,23,29)(H,26,27)(H,31,32). The van der Waals surface area contributed by atoms with E-state index in [1.165, 1.54) is 18.7 Å². The Labute approximate surface area is 194 Å². The van der Waals surface area contributed by atoms with Crippen molar-refractivity contribution in [1.82, 2.24) is 16.0 Å². The van der Waals surface area contributed by atoms with Crippen molar-refractivity contribution >= 4 is 47.3 Å². The molecule has 0 heterocycles. The van der Waals surface area contributed by atoms with Crippen molar-refractivity contribution in [2.75, 3.05) is 12.0 Å². The zero-order valence-electron chi connectivity index (χ0n) is 18.3. The number of rotatable bonds is 16. The van der Waals surface area contributed by atoms with E-state index >= 15 is 0 Å². The Bertz CT molecular complexity index is 734. The summed E-state index contributed by atoms with van der Waals surface area (Å²) in [6.07, 6.45) is -0.803. The zero-order chi connectivity index (χ0) is 25.7. The van der Waals surface area contributed by atoms with Gasteiger partial charge in [-0.1, -0.05) is 0 Å². The van der Waals surface area contributed by atoms with Crippen molar-refractivity contribution in [2.24, 2.45) is 11.5 Å². The monoisotopic (exact) mass is 493 g/mol. The fourth-order valence-corrected chi connectivity index (χ4v) is 2.99. The summed E-state index contributed by atoms with van der Waals surface area (Å²) in [6, 6.07) is -5.64. The third kappa shape index (κ3) is 12.1. The Balaban J connectivity index is 5.37. The molecule has 0 fully saturated rings. The third-order valence-electron chi connectivity index (χ3n) is 4.33. The van der Waals surface area contributed by atoms with E-state index in [1.807, 2.05) is 5.32 Å². The quantitative estimate of drug-likeness (QED) is 0.106. The first-order chi connectivity index (χ1) is 15.3. The average molecular weight is 494 g/mol. The summed E-state index contributed by atoms with van der Waals surface area (Å²) in [5.74, 6) is -5.96. The molecule has 0 aliphatic heterocycles. The molecule has 0 bridgehead atoms. The molecule has 0 aromatic carbocycles. The molecule has 5 unspecified atom stereocenters. The molecule has 0 aliphatic carbocycles. The lowest BCUT2D eigenvalue weighted by Gasteiger charge is -2.26. The van der Waals surface area contributed by atoms with E-state index in [0.717, 1.165) is 0 Å². The van der Waals surface area contributed by atoms with Crippen LogP contribution >= 0.6 is 11.8 Å². The van der Waals surface area contributed by atoms with Gasteiger partial charge in [0.1, 0.15) is 18.1 Å². The molecule has 0 saturated carbocycles. The van der Waals surface area contributed by atoms with Crippen LogP contribution < -0.4 is 27.4 Å². The Kier molecular flexibility index (Phi) is 13.7. The highest BCUT2D eigenvalue weighted by Gasteiger charge is 2.33. The number of aliphatic hydroxyl groups is 1. The fourth-order valence-electron chi connectivity index (χ4n) is 2.52. The van der Waals surface area contributed by atoms with Crippen LogP contribution in [0, 0.1) is 0 Å². The van der Waals surface area contributed by atoms with Gasteiger partial charge in [0, 0.05) is 6.42 Å². The van der Waals surface area contributed by atoms with Gasteiger partial charge in [-0.05, 0) is 31.8 Å². The highest BCUT2D eigenvalue weighted by molar-refractivity contribution is 7.98. The van der Waals surface area contributed by atoms with E-state index in [9.17, 15) is 33.9 Å². The highest BCUT2D eigenvalue weighted by Crippen LogP contribution is 2.05. The molecule has 14 nitrogen and oxygen atoms in total. The van der Waals surface area contributed by atoms with Gasteiger partial charge >= 0.3 is 11.9 Å². The summed E-state index contributed by atoms with van der Waals surface area (Å²) in [6.45, 7) is 1.17. The minimum atomic E-state index is -1.67. The van der Waals surface area contributed by atoms with Crippen LogP contribution in [0.15, 0.2) is 0 Å². The SMILES string of the molecule is CSCCC(NC(=O)C(N)CCC(=O)O)C(=O)NC(C(=O)NC(CC(N)=O)C(=O)O)C(C)O. The molecule has 188 valence electrons. The van der Waals surface area contributed by atoms with Gasteiger partial charge in [-0.3, -0.25) is 24.0 Å². The lowest BCUT2D eigenvalue weighted by Crippen LogP contribution is -2.60. The third-order valence-corrected chi connectivity index (χ3v) is 4.98. The number of primary amides is 1. The second-order valence-electron chi connectivity index (χ2n) is 7.18. The molecule has 0 spiro atoms.